The van der Waals surface area contributed by atoms with Crippen molar-refractivity contribution in [2.45, 2.75) is 65.5 Å². The van der Waals surface area contributed by atoms with Crippen LogP contribution in [0.2, 0.25) is 0 Å². The average molecular weight is 602 g/mol. The van der Waals surface area contributed by atoms with Gasteiger partial charge in [0.2, 0.25) is 6.17 Å². The minimum Gasteiger partial charge on any atom is -0.746 e. The number of hydrogen-bond acceptors (Lipinski definition) is 3. The van der Waals surface area contributed by atoms with Crippen LogP contribution in [-0.4, -0.2) is 78.5 Å². The van der Waals surface area contributed by atoms with Crippen molar-refractivity contribution in [1.82, 2.24) is 0 Å². The molecule has 2 atom stereocenters. The first-order valence-electron chi connectivity index (χ1n) is 7.29. The summed E-state index contributed by atoms with van der Waals surface area (Å²) >= 11 is 0. The van der Waals surface area contributed by atoms with E-state index in [0.717, 1.165) is 0 Å². The molecule has 0 saturated heterocycles. The maximum atomic E-state index is 13.4. The van der Waals surface area contributed by atoms with Gasteiger partial charge in [-0.1, -0.05) is 0 Å². The van der Waals surface area contributed by atoms with Crippen LogP contribution in [0, 0.1) is 0 Å². The van der Waals surface area contributed by atoms with E-state index >= 15 is 0 Å². The molecule has 0 N–H and O–H groups in total. The quantitative estimate of drug-likeness (QED) is 0.208. The van der Waals surface area contributed by atoms with Crippen molar-refractivity contribution in [3.8, 4) is 0 Å². The van der Waals surface area contributed by atoms with Crippen molar-refractivity contribution in [3.05, 3.63) is 0 Å². The van der Waals surface area contributed by atoms with Gasteiger partial charge in [-0.3, -0.25) is 0 Å². The van der Waals surface area contributed by atoms with E-state index in [1.165, 1.54) is 0 Å². The Balaban J connectivity index is 0. The number of hydrogen-bond donors (Lipinski definition) is 0. The Morgan fingerprint density at radius 1 is 0.472 bits per heavy atom. The summed E-state index contributed by atoms with van der Waals surface area (Å²) < 4.78 is 291. The van der Waals surface area contributed by atoms with Gasteiger partial charge < -0.3 is 4.55 Å². The maximum absolute atomic E-state index is 13.4. The zero-order valence-electron chi connectivity index (χ0n) is 15.9. The standard InChI is InChI=1S/C11H4F20O3S.Li/c12-1(2(13)14)4(16,17)6(20,21)8(24,25)10(28,29)11(30,31)9(26,27)7(22,23)5(18,19)3(15)35(32,33)34;/h1-3H,(H,32,33,34);/q;+1/p-1. The molecule has 0 saturated carbocycles. The Morgan fingerprint density at radius 3 is 0.917 bits per heavy atom. The Hall–Kier alpha value is -0.893. The fraction of sp³-hybridized carbons (Fsp3) is 1.00. The van der Waals surface area contributed by atoms with E-state index in [0.29, 0.717) is 0 Å². The van der Waals surface area contributed by atoms with E-state index in [9.17, 15) is 101 Å². The molecule has 0 aliphatic carbocycles. The van der Waals surface area contributed by atoms with Crippen molar-refractivity contribution in [2.24, 2.45) is 0 Å². The first-order valence-corrected chi connectivity index (χ1v) is 8.76. The molecule has 0 aliphatic heterocycles. The number of halogens is 20. The first-order chi connectivity index (χ1) is 14.8. The molecule has 0 fully saturated rings. The van der Waals surface area contributed by atoms with E-state index in [4.69, 9.17) is 0 Å². The van der Waals surface area contributed by atoms with Crippen LogP contribution in [0.15, 0.2) is 0 Å². The second-order valence-electron chi connectivity index (χ2n) is 6.24. The van der Waals surface area contributed by atoms with Crippen molar-refractivity contribution in [2.75, 3.05) is 0 Å². The predicted octanol–water partition coefficient (Wildman–Crippen LogP) is 2.52. The van der Waals surface area contributed by atoms with E-state index in [2.05, 4.69) is 0 Å². The summed E-state index contributed by atoms with van der Waals surface area (Å²) in [6.07, 6.45) is -11.4. The van der Waals surface area contributed by atoms with Crippen LogP contribution in [0.5, 0.6) is 0 Å². The SMILES string of the molecule is O=S(=O)([O-])C(F)C(F)(F)C(F)(F)C(F)(F)C(F)(F)C(F)(F)C(F)(F)C(F)(F)C(F)(F)C(F)C(F)F.[Li+]. The molecule has 0 radical (unpaired) electrons. The summed E-state index contributed by atoms with van der Waals surface area (Å²) in [7, 11) is -7.57. The first kappa shape index (κ1) is 37.3. The molecule has 0 heterocycles. The second kappa shape index (κ2) is 9.69. The second-order valence-corrected chi connectivity index (χ2v) is 7.64. The largest absolute Gasteiger partial charge is 1.00 e. The van der Waals surface area contributed by atoms with Crippen LogP contribution in [0.25, 0.3) is 0 Å². The molecule has 3 nitrogen and oxygen atoms in total. The third kappa shape index (κ3) is 4.82. The molecule has 0 aromatic heterocycles. The molecule has 36 heavy (non-hydrogen) atoms. The van der Waals surface area contributed by atoms with Crippen LogP contribution in [-0.2, 0) is 10.1 Å². The van der Waals surface area contributed by atoms with Crippen molar-refractivity contribution >= 4 is 10.1 Å². The van der Waals surface area contributed by atoms with Gasteiger partial charge in [0.05, 0.1) is 0 Å². The Bertz CT molecular complexity index is 885. The molecule has 0 amide bonds. The summed E-state index contributed by atoms with van der Waals surface area (Å²) in [6, 6.07) is 0. The van der Waals surface area contributed by atoms with Gasteiger partial charge >= 0.3 is 66.2 Å². The van der Waals surface area contributed by atoms with Crippen molar-refractivity contribution < 1.29 is 120 Å². The minimum atomic E-state index is -9.15. The van der Waals surface area contributed by atoms with Crippen molar-refractivity contribution in [1.29, 1.82) is 0 Å². The van der Waals surface area contributed by atoms with Crippen LogP contribution in [0.3, 0.4) is 0 Å². The fourth-order valence-electron chi connectivity index (χ4n) is 1.86. The molecule has 0 rings (SSSR count). The van der Waals surface area contributed by atoms with E-state index in [-0.39, 0.29) is 18.9 Å². The molecule has 25 heteroatoms. The summed E-state index contributed by atoms with van der Waals surface area (Å²) in [4.78, 5) is 0. The van der Waals surface area contributed by atoms with Gasteiger partial charge in [0.1, 0.15) is 10.1 Å². The summed E-state index contributed by atoms with van der Waals surface area (Å²) in [5.74, 6) is -69.5. The van der Waals surface area contributed by atoms with E-state index < -0.39 is 75.6 Å². The number of rotatable bonds is 11. The minimum absolute atomic E-state index is 0. The third-order valence-electron chi connectivity index (χ3n) is 3.92. The molecule has 2 unspecified atom stereocenters. The average Bonchev–Trinajstić information content (AvgIpc) is 2.64. The predicted molar refractivity (Wildman–Crippen MR) is 65.1 cm³/mol. The Labute approximate surface area is 196 Å². The normalized spacial score (nSPS) is 17.6. The maximum Gasteiger partial charge on any atom is 1.00 e. The summed E-state index contributed by atoms with van der Waals surface area (Å²) in [6.45, 7) is 0. The van der Waals surface area contributed by atoms with E-state index in [1.807, 2.05) is 0 Å². The molecular weight excluding hydrogens is 599 g/mol. The molecule has 0 aromatic carbocycles. The van der Waals surface area contributed by atoms with Gasteiger partial charge in [0, 0.05) is 0 Å². The fourth-order valence-corrected chi connectivity index (χ4v) is 2.37. The molecule has 0 spiro atoms. The molecule has 0 bridgehead atoms. The van der Waals surface area contributed by atoms with E-state index in [1.54, 1.807) is 0 Å². The summed E-state index contributed by atoms with van der Waals surface area (Å²) in [5.41, 5.74) is -6.22. The zero-order chi connectivity index (χ0) is 29.2. The van der Waals surface area contributed by atoms with Crippen LogP contribution in [0.4, 0.5) is 87.8 Å². The van der Waals surface area contributed by atoms with Gasteiger partial charge in [-0.25, -0.2) is 26.0 Å². The van der Waals surface area contributed by atoms with Gasteiger partial charge in [-0.15, -0.1) is 0 Å². The van der Waals surface area contributed by atoms with Crippen LogP contribution in [0.1, 0.15) is 0 Å². The summed E-state index contributed by atoms with van der Waals surface area (Å²) in [5, 5.41) is 0. The molecule has 212 valence electrons. The molecular formula is C11H3F20LiO3S. The Kier molecular flexibility index (Phi) is 10.0. The zero-order valence-corrected chi connectivity index (χ0v) is 16.7. The molecule has 0 aliphatic rings. The third-order valence-corrected chi connectivity index (χ3v) is 4.72. The smallest absolute Gasteiger partial charge is 0.746 e. The van der Waals surface area contributed by atoms with Crippen LogP contribution >= 0.6 is 0 Å². The number of alkyl halides is 20. The van der Waals surface area contributed by atoms with Gasteiger partial charge in [0.15, 0.2) is 0 Å². The topological polar surface area (TPSA) is 57.2 Å². The van der Waals surface area contributed by atoms with Gasteiger partial charge in [0.25, 0.3) is 11.9 Å². The monoisotopic (exact) mass is 602 g/mol. The Morgan fingerprint density at radius 2 is 0.694 bits per heavy atom. The van der Waals surface area contributed by atoms with Gasteiger partial charge in [-0.05, 0) is 0 Å². The van der Waals surface area contributed by atoms with Gasteiger partial charge in [-0.2, -0.15) is 70.2 Å². The van der Waals surface area contributed by atoms with Crippen LogP contribution < -0.4 is 18.9 Å². The van der Waals surface area contributed by atoms with Crippen molar-refractivity contribution in [3.63, 3.8) is 0 Å². The molecule has 0 aromatic rings.